The van der Waals surface area contributed by atoms with Crippen molar-refractivity contribution < 1.29 is 36.2 Å². The van der Waals surface area contributed by atoms with Crippen LogP contribution in [0.4, 0.5) is 22.0 Å². The Morgan fingerprint density at radius 1 is 0.889 bits per heavy atom. The van der Waals surface area contributed by atoms with Crippen LogP contribution in [0.2, 0.25) is 0 Å². The first-order chi connectivity index (χ1) is 12.9. The molecule has 27 heavy (non-hydrogen) atoms. The Hall–Kier alpha value is -2.84. The number of carbonyl (C=O) groups is 1. The van der Waals surface area contributed by atoms with E-state index in [-0.39, 0.29) is 6.54 Å². The highest BCUT2D eigenvalue weighted by Gasteiger charge is 2.26. The van der Waals surface area contributed by atoms with Crippen molar-refractivity contribution in [3.63, 3.8) is 0 Å². The molecule has 2 aromatic rings. The van der Waals surface area contributed by atoms with Gasteiger partial charge in [-0.15, -0.1) is 0 Å². The van der Waals surface area contributed by atoms with Gasteiger partial charge in [-0.2, -0.15) is 0 Å². The lowest BCUT2D eigenvalue weighted by molar-refractivity contribution is -0.120. The van der Waals surface area contributed by atoms with Crippen LogP contribution >= 0.6 is 0 Å². The molecule has 0 aromatic heterocycles. The van der Waals surface area contributed by atoms with Crippen LogP contribution in [0.3, 0.4) is 0 Å². The smallest absolute Gasteiger partial charge is 0.224 e. The third-order valence-corrected chi connectivity index (χ3v) is 3.98. The van der Waals surface area contributed by atoms with E-state index < -0.39 is 47.0 Å². The number of nitrogens with one attached hydrogen (secondary N) is 1. The molecule has 0 fully saturated rings. The molecule has 0 spiro atoms. The fraction of sp³-hybridized carbons (Fsp3) is 0.278. The number of fused-ring (bicyclic) bond motifs is 1. The molecule has 0 bridgehead atoms. The second kappa shape index (κ2) is 7.81. The van der Waals surface area contributed by atoms with Gasteiger partial charge < -0.3 is 14.8 Å². The Bertz CT molecular complexity index is 859. The minimum atomic E-state index is -2.26. The summed E-state index contributed by atoms with van der Waals surface area (Å²) < 4.78 is 77.3. The summed E-state index contributed by atoms with van der Waals surface area (Å²) in [7, 11) is 0. The van der Waals surface area contributed by atoms with E-state index in [0.29, 0.717) is 31.1 Å². The van der Waals surface area contributed by atoms with Crippen LogP contribution in [-0.4, -0.2) is 25.7 Å². The first-order valence-corrected chi connectivity index (χ1v) is 8.04. The molecule has 9 heteroatoms. The van der Waals surface area contributed by atoms with Gasteiger partial charge in [-0.25, -0.2) is 22.0 Å². The van der Waals surface area contributed by atoms with Gasteiger partial charge in [-0.3, -0.25) is 4.79 Å². The molecule has 1 amide bonds. The molecule has 1 N–H and O–H groups in total. The van der Waals surface area contributed by atoms with Gasteiger partial charge in [-0.05, 0) is 24.1 Å². The van der Waals surface area contributed by atoms with Crippen LogP contribution < -0.4 is 14.8 Å². The van der Waals surface area contributed by atoms with Crippen LogP contribution in [0, 0.1) is 29.1 Å². The highest BCUT2D eigenvalue weighted by molar-refractivity contribution is 5.78. The number of amides is 1. The first kappa shape index (κ1) is 18.9. The highest BCUT2D eigenvalue weighted by Crippen LogP contribution is 2.30. The Morgan fingerprint density at radius 2 is 1.48 bits per heavy atom. The fourth-order valence-corrected chi connectivity index (χ4v) is 2.62. The maximum Gasteiger partial charge on any atom is 0.224 e. The summed E-state index contributed by atoms with van der Waals surface area (Å²) in [5.74, 6) is -10.1. The molecule has 0 unspecified atom stereocenters. The largest absolute Gasteiger partial charge is 0.486 e. The summed E-state index contributed by atoms with van der Waals surface area (Å²) in [6.07, 6.45) is -0.591. The summed E-state index contributed by atoms with van der Waals surface area (Å²) in [6, 6.07) is 5.23. The van der Waals surface area contributed by atoms with E-state index >= 15 is 0 Å². The molecule has 0 atom stereocenters. The zero-order chi connectivity index (χ0) is 19.6. The van der Waals surface area contributed by atoms with E-state index in [1.165, 1.54) is 0 Å². The molecule has 0 saturated carbocycles. The maximum atomic E-state index is 13.6. The third kappa shape index (κ3) is 3.96. The second-order valence-electron chi connectivity index (χ2n) is 5.80. The van der Waals surface area contributed by atoms with Crippen molar-refractivity contribution in [3.05, 3.63) is 58.4 Å². The summed E-state index contributed by atoms with van der Waals surface area (Å²) in [4.78, 5) is 11.8. The van der Waals surface area contributed by atoms with Gasteiger partial charge in [0.25, 0.3) is 0 Å². The first-order valence-electron chi connectivity index (χ1n) is 8.04. The Balaban J connectivity index is 1.59. The molecule has 2 aromatic carbocycles. The average Bonchev–Trinajstić information content (AvgIpc) is 2.68. The number of hydrogen-bond donors (Lipinski definition) is 1. The highest BCUT2D eigenvalue weighted by atomic mass is 19.2. The van der Waals surface area contributed by atoms with Crippen LogP contribution in [0.15, 0.2) is 18.2 Å². The van der Waals surface area contributed by atoms with Gasteiger partial charge in [0, 0.05) is 12.1 Å². The lowest BCUT2D eigenvalue weighted by Crippen LogP contribution is -2.28. The molecule has 1 heterocycles. The molecule has 0 radical (unpaired) electrons. The predicted molar refractivity (Wildman–Crippen MR) is 84.1 cm³/mol. The van der Waals surface area contributed by atoms with Crippen LogP contribution in [-0.2, 0) is 17.6 Å². The van der Waals surface area contributed by atoms with Crippen LogP contribution in [0.25, 0.3) is 0 Å². The van der Waals surface area contributed by atoms with E-state index in [1.807, 2.05) is 0 Å². The van der Waals surface area contributed by atoms with Crippen molar-refractivity contribution in [2.24, 2.45) is 0 Å². The van der Waals surface area contributed by atoms with Crippen LogP contribution in [0.5, 0.6) is 11.5 Å². The molecule has 0 saturated heterocycles. The van der Waals surface area contributed by atoms with E-state index in [4.69, 9.17) is 9.47 Å². The molecule has 1 aliphatic heterocycles. The molecule has 3 rings (SSSR count). The molecule has 144 valence electrons. The standard InChI is InChI=1S/C18H14F5NO3/c19-14-10(15(20)17(22)18(23)16(14)21)8-13(25)24-4-3-9-1-2-11-12(7-9)27-6-5-26-11/h1-2,7H,3-6,8H2,(H,24,25). The quantitative estimate of drug-likeness (QED) is 0.487. The normalized spacial score (nSPS) is 12.8. The molecule has 1 aliphatic rings. The fourth-order valence-electron chi connectivity index (χ4n) is 2.62. The molecule has 0 aliphatic carbocycles. The van der Waals surface area contributed by atoms with E-state index in [2.05, 4.69) is 5.32 Å². The number of carbonyl (C=O) groups excluding carboxylic acids is 1. The van der Waals surface area contributed by atoms with E-state index in [9.17, 15) is 26.7 Å². The van der Waals surface area contributed by atoms with Gasteiger partial charge in [0.1, 0.15) is 13.2 Å². The van der Waals surface area contributed by atoms with Crippen molar-refractivity contribution in [3.8, 4) is 11.5 Å². The van der Waals surface area contributed by atoms with Gasteiger partial charge in [0.05, 0.1) is 6.42 Å². The number of benzene rings is 2. The Kier molecular flexibility index (Phi) is 5.48. The molecular formula is C18H14F5NO3. The second-order valence-corrected chi connectivity index (χ2v) is 5.80. The number of rotatable bonds is 5. The predicted octanol–water partition coefficient (Wildman–Crippen LogP) is 3.05. The molecular weight excluding hydrogens is 373 g/mol. The van der Waals surface area contributed by atoms with Crippen LogP contribution in [0.1, 0.15) is 11.1 Å². The zero-order valence-corrected chi connectivity index (χ0v) is 13.9. The Labute approximate surface area is 150 Å². The lowest BCUT2D eigenvalue weighted by Gasteiger charge is -2.18. The van der Waals surface area contributed by atoms with Crippen molar-refractivity contribution in [1.29, 1.82) is 0 Å². The monoisotopic (exact) mass is 387 g/mol. The lowest BCUT2D eigenvalue weighted by atomic mass is 10.1. The number of hydrogen-bond acceptors (Lipinski definition) is 3. The van der Waals surface area contributed by atoms with Crippen molar-refractivity contribution >= 4 is 5.91 Å². The third-order valence-electron chi connectivity index (χ3n) is 3.98. The number of halogens is 5. The van der Waals surface area contributed by atoms with Crippen molar-refractivity contribution in [2.45, 2.75) is 12.8 Å². The average molecular weight is 387 g/mol. The topological polar surface area (TPSA) is 47.6 Å². The molecule has 4 nitrogen and oxygen atoms in total. The summed E-state index contributed by atoms with van der Waals surface area (Å²) in [5, 5.41) is 2.38. The van der Waals surface area contributed by atoms with E-state index in [0.717, 1.165) is 5.56 Å². The minimum absolute atomic E-state index is 0.105. The SMILES string of the molecule is O=C(Cc1c(F)c(F)c(F)c(F)c1F)NCCc1ccc2c(c1)OCCO2. The van der Waals surface area contributed by atoms with Gasteiger partial charge >= 0.3 is 0 Å². The van der Waals surface area contributed by atoms with Gasteiger partial charge in [0.2, 0.25) is 11.7 Å². The van der Waals surface area contributed by atoms with E-state index in [1.54, 1.807) is 18.2 Å². The summed E-state index contributed by atoms with van der Waals surface area (Å²) in [5.41, 5.74) is -0.348. The van der Waals surface area contributed by atoms with Crippen molar-refractivity contribution in [1.82, 2.24) is 5.32 Å². The van der Waals surface area contributed by atoms with Gasteiger partial charge in [-0.1, -0.05) is 6.07 Å². The van der Waals surface area contributed by atoms with Gasteiger partial charge in [0.15, 0.2) is 34.8 Å². The van der Waals surface area contributed by atoms with Crippen molar-refractivity contribution in [2.75, 3.05) is 19.8 Å². The maximum absolute atomic E-state index is 13.6. The minimum Gasteiger partial charge on any atom is -0.486 e. The summed E-state index contributed by atoms with van der Waals surface area (Å²) >= 11 is 0. The zero-order valence-electron chi connectivity index (χ0n) is 13.9. The summed E-state index contributed by atoms with van der Waals surface area (Å²) in [6.45, 7) is 0.989. The number of ether oxygens (including phenoxy) is 2. The Morgan fingerprint density at radius 3 is 2.15 bits per heavy atom.